The van der Waals surface area contributed by atoms with Crippen molar-refractivity contribution in [2.24, 2.45) is 0 Å². The zero-order chi connectivity index (χ0) is 10.2. The van der Waals surface area contributed by atoms with Crippen molar-refractivity contribution in [3.8, 4) is 0 Å². The van der Waals surface area contributed by atoms with Gasteiger partial charge in [-0.2, -0.15) is 0 Å². The second kappa shape index (κ2) is 3.64. The van der Waals surface area contributed by atoms with Crippen LogP contribution in [0.1, 0.15) is 5.56 Å². The van der Waals surface area contributed by atoms with Gasteiger partial charge in [-0.25, -0.2) is 4.39 Å². The Labute approximate surface area is 82.5 Å². The van der Waals surface area contributed by atoms with Gasteiger partial charge in [0, 0.05) is 11.6 Å². The molecule has 1 aromatic carbocycles. The molecule has 0 bridgehead atoms. The van der Waals surface area contributed by atoms with Crippen LogP contribution in [0, 0.1) is 12.7 Å². The molecule has 0 N–H and O–H groups in total. The molecule has 0 spiro atoms. The molecule has 0 aliphatic heterocycles. The van der Waals surface area contributed by atoms with Gasteiger partial charge in [0.05, 0.1) is 10.0 Å². The summed E-state index contributed by atoms with van der Waals surface area (Å²) in [6, 6.07) is 0.629. The largest absolute Gasteiger partial charge is 0.207 e. The van der Waals surface area contributed by atoms with Crippen LogP contribution < -0.4 is 5.34 Å². The van der Waals surface area contributed by atoms with Crippen LogP contribution in [-0.2, 0) is 0 Å². The fraction of sp³-hybridized carbons (Fsp3) is 0.143. The summed E-state index contributed by atoms with van der Waals surface area (Å²) in [5.74, 6) is -0.815. The molecule has 1 aromatic rings. The molecule has 0 aromatic heterocycles. The molecule has 72 valence electrons. The van der Waals surface area contributed by atoms with Crippen molar-refractivity contribution < 1.29 is 13.4 Å². The monoisotopic (exact) mass is 229 g/mol. The number of halogens is 5. The second-order valence-corrected chi connectivity index (χ2v) is 3.12. The number of hydrogen-bond acceptors (Lipinski definition) is 1. The van der Waals surface area contributed by atoms with Gasteiger partial charge in [0.2, 0.25) is 0 Å². The highest BCUT2D eigenvalue weighted by atomic mass is 35.5. The molecule has 0 unspecified atom stereocenters. The summed E-state index contributed by atoms with van der Waals surface area (Å²) in [4.78, 5) is 0. The van der Waals surface area contributed by atoms with Gasteiger partial charge < -0.3 is 0 Å². The van der Waals surface area contributed by atoms with Gasteiger partial charge in [-0.15, -0.1) is 0 Å². The lowest BCUT2D eigenvalue weighted by Gasteiger charge is -2.08. The maximum absolute atomic E-state index is 12.9. The Morgan fingerprint density at radius 3 is 2.23 bits per heavy atom. The molecule has 1 rings (SSSR count). The topological polar surface area (TPSA) is 3.24 Å². The fourth-order valence-corrected chi connectivity index (χ4v) is 1.24. The number of rotatable bonds is 1. The Balaban J connectivity index is 3.41. The molecule has 0 saturated heterocycles. The van der Waals surface area contributed by atoms with Crippen LogP contribution in [0.2, 0.25) is 10.0 Å². The van der Waals surface area contributed by atoms with Crippen LogP contribution >= 0.6 is 23.2 Å². The van der Waals surface area contributed by atoms with E-state index in [0.29, 0.717) is 6.07 Å². The normalized spacial score (nSPS) is 10.3. The van der Waals surface area contributed by atoms with Crippen molar-refractivity contribution in [2.45, 2.75) is 6.92 Å². The van der Waals surface area contributed by atoms with Gasteiger partial charge in [-0.3, -0.25) is 0 Å². The molecule has 0 atom stereocenters. The third-order valence-electron chi connectivity index (χ3n) is 1.55. The second-order valence-electron chi connectivity index (χ2n) is 2.36. The summed E-state index contributed by atoms with van der Waals surface area (Å²) in [6.07, 6.45) is 0. The predicted molar refractivity (Wildman–Crippen MR) is 45.9 cm³/mol. The van der Waals surface area contributed by atoms with E-state index in [9.17, 15) is 13.4 Å². The van der Waals surface area contributed by atoms with E-state index in [1.807, 2.05) is 0 Å². The molecular formula is C7H4Cl2F3N. The molecule has 0 radical (unpaired) electrons. The molecule has 13 heavy (non-hydrogen) atoms. The van der Waals surface area contributed by atoms with Gasteiger partial charge in [0.15, 0.2) is 0 Å². The zero-order valence-electron chi connectivity index (χ0n) is 6.41. The molecule has 0 aliphatic carbocycles. The molecule has 0 heterocycles. The van der Waals surface area contributed by atoms with Gasteiger partial charge in [0.25, 0.3) is 0 Å². The third kappa shape index (κ3) is 1.84. The summed E-state index contributed by atoms with van der Waals surface area (Å²) in [6.45, 7) is 1.36. The van der Waals surface area contributed by atoms with E-state index in [-0.39, 0.29) is 15.6 Å². The van der Waals surface area contributed by atoms with Crippen molar-refractivity contribution >= 4 is 28.9 Å². The summed E-state index contributed by atoms with van der Waals surface area (Å²) < 4.78 is 37.0. The number of benzene rings is 1. The first-order chi connectivity index (χ1) is 5.95. The third-order valence-corrected chi connectivity index (χ3v) is 2.50. The van der Waals surface area contributed by atoms with Crippen LogP contribution in [0.4, 0.5) is 19.0 Å². The Morgan fingerprint density at radius 2 is 1.77 bits per heavy atom. The van der Waals surface area contributed by atoms with Crippen molar-refractivity contribution in [3.05, 3.63) is 27.5 Å². The summed E-state index contributed by atoms with van der Waals surface area (Å²) in [5, 5.41) is -1.83. The first-order valence-corrected chi connectivity index (χ1v) is 3.96. The lowest BCUT2D eigenvalue weighted by molar-refractivity contribution is 0.235. The van der Waals surface area contributed by atoms with Crippen molar-refractivity contribution in [2.75, 3.05) is 5.34 Å². The number of anilines is 1. The quantitative estimate of drug-likeness (QED) is 0.520. The molecule has 0 amide bonds. The Morgan fingerprint density at radius 1 is 1.23 bits per heavy atom. The SMILES string of the molecule is Cc1c(F)cc(N(F)F)c(Cl)c1Cl. The maximum atomic E-state index is 12.9. The van der Waals surface area contributed by atoms with Crippen molar-refractivity contribution in [1.82, 2.24) is 0 Å². The van der Waals surface area contributed by atoms with E-state index >= 15 is 0 Å². The molecule has 0 saturated carbocycles. The van der Waals surface area contributed by atoms with Gasteiger partial charge in [-0.1, -0.05) is 32.2 Å². The molecule has 0 aliphatic rings. The van der Waals surface area contributed by atoms with E-state index in [1.165, 1.54) is 6.92 Å². The van der Waals surface area contributed by atoms with Crippen LogP contribution in [0.15, 0.2) is 6.07 Å². The van der Waals surface area contributed by atoms with E-state index in [2.05, 4.69) is 0 Å². The highest BCUT2D eigenvalue weighted by Crippen LogP contribution is 2.36. The molecule has 1 nitrogen and oxygen atoms in total. The number of nitrogens with zero attached hydrogens (tertiary/aromatic N) is 1. The Bertz CT molecular complexity index is 341. The standard InChI is InChI=1S/C7H4Cl2F3N/c1-3-4(10)2-5(13(11)12)7(9)6(3)8/h2H,1H3. The van der Waals surface area contributed by atoms with Gasteiger partial charge in [-0.05, 0) is 12.3 Å². The van der Waals surface area contributed by atoms with Crippen LogP contribution in [0.25, 0.3) is 0 Å². The Hall–Kier alpha value is -0.610. The zero-order valence-corrected chi connectivity index (χ0v) is 7.93. The first kappa shape index (κ1) is 10.5. The van der Waals surface area contributed by atoms with E-state index < -0.39 is 16.8 Å². The van der Waals surface area contributed by atoms with Gasteiger partial charge in [0.1, 0.15) is 11.5 Å². The highest BCUT2D eigenvalue weighted by Gasteiger charge is 2.17. The minimum absolute atomic E-state index is 0.0530. The summed E-state index contributed by atoms with van der Waals surface area (Å²) in [5.41, 5.74) is -0.688. The number of hydrogen-bond donors (Lipinski definition) is 0. The molecule has 0 fully saturated rings. The first-order valence-electron chi connectivity index (χ1n) is 3.21. The van der Waals surface area contributed by atoms with E-state index in [4.69, 9.17) is 23.2 Å². The van der Waals surface area contributed by atoms with Crippen LogP contribution in [-0.4, -0.2) is 0 Å². The molecule has 6 heteroatoms. The lowest BCUT2D eigenvalue weighted by atomic mass is 10.2. The highest BCUT2D eigenvalue weighted by molar-refractivity contribution is 6.44. The Kier molecular flexibility index (Phi) is 2.93. The lowest BCUT2D eigenvalue weighted by Crippen LogP contribution is -1.99. The average molecular weight is 230 g/mol. The van der Waals surface area contributed by atoms with Crippen LogP contribution in [0.5, 0.6) is 0 Å². The van der Waals surface area contributed by atoms with E-state index in [0.717, 1.165) is 0 Å². The van der Waals surface area contributed by atoms with Crippen LogP contribution in [0.3, 0.4) is 0 Å². The predicted octanol–water partition coefficient (Wildman–Crippen LogP) is 4.02. The van der Waals surface area contributed by atoms with Gasteiger partial charge >= 0.3 is 0 Å². The summed E-state index contributed by atoms with van der Waals surface area (Å²) >= 11 is 10.9. The smallest absolute Gasteiger partial charge is 0.129 e. The van der Waals surface area contributed by atoms with Crippen molar-refractivity contribution in [1.29, 1.82) is 0 Å². The minimum Gasteiger partial charge on any atom is -0.207 e. The van der Waals surface area contributed by atoms with Crippen molar-refractivity contribution in [3.63, 3.8) is 0 Å². The van der Waals surface area contributed by atoms with E-state index in [1.54, 1.807) is 0 Å². The average Bonchev–Trinajstić information content (AvgIpc) is 2.07. The fourth-order valence-electron chi connectivity index (χ4n) is 0.797. The summed E-state index contributed by atoms with van der Waals surface area (Å²) in [7, 11) is 0. The molecular weight excluding hydrogens is 226 g/mol. The maximum Gasteiger partial charge on any atom is 0.129 e. The minimum atomic E-state index is -1.28.